The summed E-state index contributed by atoms with van der Waals surface area (Å²) in [7, 11) is 0. The van der Waals surface area contributed by atoms with E-state index in [4.69, 9.17) is 5.73 Å². The Hall–Kier alpha value is -1.36. The zero-order chi connectivity index (χ0) is 12.8. The van der Waals surface area contributed by atoms with E-state index in [1.807, 2.05) is 26.8 Å². The lowest BCUT2D eigenvalue weighted by Gasteiger charge is -2.14. The molecule has 5 heteroatoms. The van der Waals surface area contributed by atoms with Gasteiger partial charge in [-0.2, -0.15) is 5.10 Å². The summed E-state index contributed by atoms with van der Waals surface area (Å²) in [6, 6.07) is 1.88. The maximum atomic E-state index is 12.1. The fraction of sp³-hybridized carbons (Fsp3) is 0.667. The van der Waals surface area contributed by atoms with Gasteiger partial charge in [-0.15, -0.1) is 0 Å². The molecule has 0 spiro atoms. The topological polar surface area (TPSA) is 72.9 Å². The van der Waals surface area contributed by atoms with Crippen molar-refractivity contribution >= 4 is 5.91 Å². The number of carbonyl (C=O) groups is 1. The molecular formula is C12H22N4O. The number of rotatable bonds is 6. The van der Waals surface area contributed by atoms with Crippen molar-refractivity contribution in [2.75, 3.05) is 6.54 Å². The van der Waals surface area contributed by atoms with Crippen molar-refractivity contribution in [1.82, 2.24) is 15.1 Å². The Morgan fingerprint density at radius 2 is 2.24 bits per heavy atom. The predicted molar refractivity (Wildman–Crippen MR) is 67.9 cm³/mol. The van der Waals surface area contributed by atoms with Gasteiger partial charge in [-0.25, -0.2) is 0 Å². The summed E-state index contributed by atoms with van der Waals surface area (Å²) >= 11 is 0. The second-order valence-corrected chi connectivity index (χ2v) is 4.00. The molecule has 0 radical (unpaired) electrons. The smallest absolute Gasteiger partial charge is 0.269 e. The third-order valence-corrected chi connectivity index (χ3v) is 2.84. The first-order valence-corrected chi connectivity index (χ1v) is 6.23. The van der Waals surface area contributed by atoms with Gasteiger partial charge in [0.15, 0.2) is 0 Å². The van der Waals surface area contributed by atoms with Crippen LogP contribution in [0.1, 0.15) is 43.4 Å². The summed E-state index contributed by atoms with van der Waals surface area (Å²) in [5.41, 5.74) is 7.14. The van der Waals surface area contributed by atoms with Crippen molar-refractivity contribution in [3.63, 3.8) is 0 Å². The van der Waals surface area contributed by atoms with Crippen LogP contribution >= 0.6 is 0 Å². The summed E-state index contributed by atoms with van der Waals surface area (Å²) in [5.74, 6) is -0.0867. The van der Waals surface area contributed by atoms with Crippen LogP contribution in [-0.4, -0.2) is 28.3 Å². The third kappa shape index (κ3) is 3.30. The second-order valence-electron chi connectivity index (χ2n) is 4.00. The van der Waals surface area contributed by atoms with E-state index < -0.39 is 0 Å². The van der Waals surface area contributed by atoms with E-state index in [9.17, 15) is 4.79 Å². The van der Waals surface area contributed by atoms with E-state index in [2.05, 4.69) is 10.4 Å². The summed E-state index contributed by atoms with van der Waals surface area (Å²) in [5, 5.41) is 7.27. The van der Waals surface area contributed by atoms with Crippen LogP contribution in [0.2, 0.25) is 0 Å². The normalized spacial score (nSPS) is 12.5. The molecule has 0 saturated carbocycles. The van der Waals surface area contributed by atoms with Crippen LogP contribution in [-0.2, 0) is 13.0 Å². The molecule has 0 aliphatic carbocycles. The number of aryl methyl sites for hydroxylation is 2. The van der Waals surface area contributed by atoms with Gasteiger partial charge in [0.05, 0.1) is 5.69 Å². The highest BCUT2D eigenvalue weighted by Gasteiger charge is 2.16. The van der Waals surface area contributed by atoms with Gasteiger partial charge in [-0.1, -0.05) is 13.8 Å². The minimum atomic E-state index is -0.0867. The molecule has 1 aromatic rings. The fourth-order valence-corrected chi connectivity index (χ4v) is 1.65. The predicted octanol–water partition coefficient (Wildman–Crippen LogP) is 0.932. The first-order valence-electron chi connectivity index (χ1n) is 6.23. The van der Waals surface area contributed by atoms with E-state index in [0.717, 1.165) is 18.5 Å². The zero-order valence-electron chi connectivity index (χ0n) is 10.9. The average molecular weight is 238 g/mol. The van der Waals surface area contributed by atoms with E-state index in [0.29, 0.717) is 18.8 Å². The van der Waals surface area contributed by atoms with Crippen molar-refractivity contribution in [2.24, 2.45) is 5.73 Å². The molecule has 1 heterocycles. The SMILES string of the molecule is CCc1cc(C(=O)NC(CC)CN)n(CC)n1. The number of amides is 1. The van der Waals surface area contributed by atoms with Crippen LogP contribution in [0.25, 0.3) is 0 Å². The summed E-state index contributed by atoms with van der Waals surface area (Å²) < 4.78 is 1.73. The minimum Gasteiger partial charge on any atom is -0.347 e. The Bertz CT molecular complexity index is 369. The highest BCUT2D eigenvalue weighted by Crippen LogP contribution is 2.06. The number of carbonyl (C=O) groups excluding carboxylic acids is 1. The van der Waals surface area contributed by atoms with Gasteiger partial charge in [-0.05, 0) is 25.8 Å². The minimum absolute atomic E-state index is 0.0350. The van der Waals surface area contributed by atoms with Gasteiger partial charge in [0.2, 0.25) is 0 Å². The van der Waals surface area contributed by atoms with Crippen molar-refractivity contribution in [2.45, 2.75) is 46.2 Å². The molecule has 17 heavy (non-hydrogen) atoms. The molecule has 0 aromatic carbocycles. The highest BCUT2D eigenvalue weighted by molar-refractivity contribution is 5.92. The Morgan fingerprint density at radius 1 is 1.53 bits per heavy atom. The van der Waals surface area contributed by atoms with Gasteiger partial charge in [0.25, 0.3) is 5.91 Å². The standard InChI is InChI=1S/C12H22N4O/c1-4-9-7-11(16(6-3)15-9)12(17)14-10(5-2)8-13/h7,10H,4-6,8,13H2,1-3H3,(H,14,17). The van der Waals surface area contributed by atoms with Gasteiger partial charge in [-0.3, -0.25) is 9.48 Å². The highest BCUT2D eigenvalue weighted by atomic mass is 16.2. The Balaban J connectivity index is 2.83. The molecule has 0 bridgehead atoms. The molecule has 0 saturated heterocycles. The molecule has 3 N–H and O–H groups in total. The maximum absolute atomic E-state index is 12.1. The van der Waals surface area contributed by atoms with Crippen molar-refractivity contribution in [3.8, 4) is 0 Å². The Kier molecular flexibility index (Phi) is 5.15. The van der Waals surface area contributed by atoms with Gasteiger partial charge >= 0.3 is 0 Å². The monoisotopic (exact) mass is 238 g/mol. The average Bonchev–Trinajstić information content (AvgIpc) is 2.78. The summed E-state index contributed by atoms with van der Waals surface area (Å²) in [6.45, 7) is 7.17. The van der Waals surface area contributed by atoms with Crippen LogP contribution in [0.15, 0.2) is 6.07 Å². The number of nitrogens with one attached hydrogen (secondary N) is 1. The van der Waals surface area contributed by atoms with Crippen molar-refractivity contribution in [1.29, 1.82) is 0 Å². The first-order chi connectivity index (χ1) is 8.15. The number of aromatic nitrogens is 2. The molecule has 0 fully saturated rings. The molecule has 96 valence electrons. The molecule has 1 unspecified atom stereocenters. The van der Waals surface area contributed by atoms with Crippen molar-refractivity contribution in [3.05, 3.63) is 17.5 Å². The van der Waals surface area contributed by atoms with E-state index in [1.165, 1.54) is 0 Å². The second kappa shape index (κ2) is 6.39. The molecule has 1 amide bonds. The maximum Gasteiger partial charge on any atom is 0.269 e. The molecule has 1 aromatic heterocycles. The largest absolute Gasteiger partial charge is 0.347 e. The van der Waals surface area contributed by atoms with Crippen LogP contribution in [0.3, 0.4) is 0 Å². The van der Waals surface area contributed by atoms with Gasteiger partial charge in [0, 0.05) is 19.1 Å². The zero-order valence-corrected chi connectivity index (χ0v) is 10.9. The fourth-order valence-electron chi connectivity index (χ4n) is 1.65. The van der Waals surface area contributed by atoms with Gasteiger partial charge < -0.3 is 11.1 Å². The van der Waals surface area contributed by atoms with Gasteiger partial charge in [0.1, 0.15) is 5.69 Å². The lowest BCUT2D eigenvalue weighted by molar-refractivity contribution is 0.0926. The van der Waals surface area contributed by atoms with E-state index >= 15 is 0 Å². The number of hydrogen-bond acceptors (Lipinski definition) is 3. The third-order valence-electron chi connectivity index (χ3n) is 2.84. The Labute approximate surface area is 102 Å². The van der Waals surface area contributed by atoms with Crippen LogP contribution < -0.4 is 11.1 Å². The molecule has 1 rings (SSSR count). The number of nitrogens with two attached hydrogens (primary N) is 1. The molecule has 1 atom stereocenters. The number of hydrogen-bond donors (Lipinski definition) is 2. The quantitative estimate of drug-likeness (QED) is 0.774. The lowest BCUT2D eigenvalue weighted by atomic mass is 10.2. The van der Waals surface area contributed by atoms with Crippen molar-refractivity contribution < 1.29 is 4.79 Å². The Morgan fingerprint density at radius 3 is 2.71 bits per heavy atom. The van der Waals surface area contributed by atoms with E-state index in [1.54, 1.807) is 4.68 Å². The lowest BCUT2D eigenvalue weighted by Crippen LogP contribution is -2.40. The van der Waals surface area contributed by atoms with E-state index in [-0.39, 0.29) is 11.9 Å². The summed E-state index contributed by atoms with van der Waals surface area (Å²) in [4.78, 5) is 12.1. The molecular weight excluding hydrogens is 216 g/mol. The molecule has 5 nitrogen and oxygen atoms in total. The van der Waals surface area contributed by atoms with Crippen LogP contribution in [0.4, 0.5) is 0 Å². The first kappa shape index (κ1) is 13.7. The number of nitrogens with zero attached hydrogens (tertiary/aromatic N) is 2. The molecule has 0 aliphatic rings. The molecule has 0 aliphatic heterocycles. The van der Waals surface area contributed by atoms with Crippen LogP contribution in [0.5, 0.6) is 0 Å². The van der Waals surface area contributed by atoms with Crippen LogP contribution in [0, 0.1) is 0 Å². The summed E-state index contributed by atoms with van der Waals surface area (Å²) in [6.07, 6.45) is 1.67.